The minimum Gasteiger partial charge on any atom is -0.326 e. The zero-order chi connectivity index (χ0) is 17.9. The number of benzene rings is 2. The smallest absolute Gasteiger partial charge is 0.326 e. The molecule has 7 heteroatoms. The van der Waals surface area contributed by atoms with E-state index in [4.69, 9.17) is 0 Å². The van der Waals surface area contributed by atoms with Gasteiger partial charge in [-0.2, -0.15) is 18.3 Å². The Morgan fingerprint density at radius 2 is 1.72 bits per heavy atom. The van der Waals surface area contributed by atoms with Gasteiger partial charge in [-0.3, -0.25) is 4.79 Å². The molecule has 128 valence electrons. The molecule has 0 aliphatic carbocycles. The summed E-state index contributed by atoms with van der Waals surface area (Å²) < 4.78 is 39.2. The summed E-state index contributed by atoms with van der Waals surface area (Å²) in [5.41, 5.74) is 1.13. The van der Waals surface area contributed by atoms with Crippen molar-refractivity contribution in [3.05, 3.63) is 78.1 Å². The van der Waals surface area contributed by atoms with E-state index in [9.17, 15) is 18.0 Å². The van der Waals surface area contributed by atoms with Crippen molar-refractivity contribution in [2.45, 2.75) is 12.6 Å². The lowest BCUT2D eigenvalue weighted by atomic mass is 10.2. The van der Waals surface area contributed by atoms with E-state index in [1.54, 1.807) is 17.1 Å². The molecule has 0 aliphatic heterocycles. The van der Waals surface area contributed by atoms with Crippen LogP contribution in [0.3, 0.4) is 0 Å². The lowest BCUT2D eigenvalue weighted by Crippen LogP contribution is -2.14. The molecule has 0 spiro atoms. The Labute approximate surface area is 141 Å². The third-order valence-electron chi connectivity index (χ3n) is 3.52. The highest BCUT2D eigenvalue weighted by Gasteiger charge is 2.29. The SMILES string of the molecule is O=C(Cc1cnn(-c2ccccc2)c1)Nc1ccc(C(F)(F)F)cc1. The molecule has 0 bridgehead atoms. The number of nitrogens with one attached hydrogen (secondary N) is 1. The van der Waals surface area contributed by atoms with E-state index in [-0.39, 0.29) is 12.3 Å². The predicted molar refractivity (Wildman–Crippen MR) is 87.3 cm³/mol. The number of hydrogen-bond acceptors (Lipinski definition) is 2. The summed E-state index contributed by atoms with van der Waals surface area (Å²) in [6.45, 7) is 0. The molecule has 0 atom stereocenters. The Kier molecular flexibility index (Phi) is 4.56. The fourth-order valence-corrected chi connectivity index (χ4v) is 2.31. The van der Waals surface area contributed by atoms with Crippen LogP contribution in [0.25, 0.3) is 5.69 Å². The Morgan fingerprint density at radius 1 is 1.04 bits per heavy atom. The van der Waals surface area contributed by atoms with Gasteiger partial charge >= 0.3 is 6.18 Å². The molecule has 3 aromatic rings. The summed E-state index contributed by atoms with van der Waals surface area (Å²) in [7, 11) is 0. The van der Waals surface area contributed by atoms with Gasteiger partial charge in [-0.05, 0) is 42.0 Å². The second kappa shape index (κ2) is 6.80. The number of carbonyl (C=O) groups is 1. The minimum atomic E-state index is -4.39. The van der Waals surface area contributed by atoms with E-state index < -0.39 is 11.7 Å². The molecule has 1 N–H and O–H groups in total. The largest absolute Gasteiger partial charge is 0.416 e. The van der Waals surface area contributed by atoms with Gasteiger partial charge in [0.2, 0.25) is 5.91 Å². The van der Waals surface area contributed by atoms with Crippen LogP contribution in [-0.2, 0) is 17.4 Å². The number of carbonyl (C=O) groups excluding carboxylic acids is 1. The van der Waals surface area contributed by atoms with Crippen molar-refractivity contribution >= 4 is 11.6 Å². The van der Waals surface area contributed by atoms with Gasteiger partial charge in [-0.15, -0.1) is 0 Å². The minimum absolute atomic E-state index is 0.0772. The van der Waals surface area contributed by atoms with Crippen molar-refractivity contribution in [1.82, 2.24) is 9.78 Å². The van der Waals surface area contributed by atoms with Crippen LogP contribution in [0.5, 0.6) is 0 Å². The first-order valence-corrected chi connectivity index (χ1v) is 7.48. The average Bonchev–Trinajstić information content (AvgIpc) is 3.03. The van der Waals surface area contributed by atoms with Crippen LogP contribution in [0.2, 0.25) is 0 Å². The van der Waals surface area contributed by atoms with Gasteiger partial charge in [-0.25, -0.2) is 4.68 Å². The lowest BCUT2D eigenvalue weighted by molar-refractivity contribution is -0.137. The number of para-hydroxylation sites is 1. The van der Waals surface area contributed by atoms with E-state index in [0.29, 0.717) is 11.3 Å². The number of amides is 1. The maximum atomic E-state index is 12.5. The second-order valence-electron chi connectivity index (χ2n) is 5.43. The quantitative estimate of drug-likeness (QED) is 0.775. The summed E-state index contributed by atoms with van der Waals surface area (Å²) in [6.07, 6.45) is -0.997. The molecule has 4 nitrogen and oxygen atoms in total. The molecule has 0 unspecified atom stereocenters. The Bertz CT molecular complexity index is 855. The zero-order valence-corrected chi connectivity index (χ0v) is 13.0. The molecule has 2 aromatic carbocycles. The molecule has 0 radical (unpaired) electrons. The molecule has 3 rings (SSSR count). The number of aromatic nitrogens is 2. The van der Waals surface area contributed by atoms with Gasteiger partial charge in [0.05, 0.1) is 23.9 Å². The third-order valence-corrected chi connectivity index (χ3v) is 3.52. The zero-order valence-electron chi connectivity index (χ0n) is 13.0. The van der Waals surface area contributed by atoms with E-state index in [0.717, 1.165) is 17.8 Å². The molecule has 0 aliphatic rings. The van der Waals surface area contributed by atoms with Crippen LogP contribution in [0.1, 0.15) is 11.1 Å². The molecule has 0 fully saturated rings. The normalized spacial score (nSPS) is 11.3. The fraction of sp³-hybridized carbons (Fsp3) is 0.111. The van der Waals surface area contributed by atoms with Crippen molar-refractivity contribution in [2.75, 3.05) is 5.32 Å². The highest BCUT2D eigenvalue weighted by molar-refractivity contribution is 5.92. The predicted octanol–water partition coefficient (Wildman–Crippen LogP) is 4.07. The Balaban J connectivity index is 1.62. The van der Waals surface area contributed by atoms with Crippen molar-refractivity contribution in [3.8, 4) is 5.69 Å². The van der Waals surface area contributed by atoms with Crippen molar-refractivity contribution in [2.24, 2.45) is 0 Å². The number of nitrogens with zero attached hydrogens (tertiary/aromatic N) is 2. The summed E-state index contributed by atoms with van der Waals surface area (Å²) in [4.78, 5) is 12.0. The van der Waals surface area contributed by atoms with E-state index >= 15 is 0 Å². The highest BCUT2D eigenvalue weighted by atomic mass is 19.4. The van der Waals surface area contributed by atoms with Crippen molar-refractivity contribution in [3.63, 3.8) is 0 Å². The maximum Gasteiger partial charge on any atom is 0.416 e. The molecule has 0 saturated carbocycles. The van der Waals surface area contributed by atoms with Crippen LogP contribution < -0.4 is 5.32 Å². The summed E-state index contributed by atoms with van der Waals surface area (Å²) in [5, 5.41) is 6.77. The van der Waals surface area contributed by atoms with Crippen LogP contribution in [0.4, 0.5) is 18.9 Å². The van der Waals surface area contributed by atoms with Crippen molar-refractivity contribution < 1.29 is 18.0 Å². The van der Waals surface area contributed by atoms with E-state index in [1.165, 1.54) is 12.1 Å². The summed E-state index contributed by atoms with van der Waals surface area (Å²) in [5.74, 6) is -0.327. The van der Waals surface area contributed by atoms with Crippen LogP contribution >= 0.6 is 0 Å². The highest BCUT2D eigenvalue weighted by Crippen LogP contribution is 2.29. The van der Waals surface area contributed by atoms with Gasteiger partial charge < -0.3 is 5.32 Å². The van der Waals surface area contributed by atoms with Gasteiger partial charge in [0.25, 0.3) is 0 Å². The first kappa shape index (κ1) is 16.8. The van der Waals surface area contributed by atoms with Crippen LogP contribution in [0.15, 0.2) is 67.0 Å². The summed E-state index contributed by atoms with van der Waals surface area (Å²) in [6, 6.07) is 13.8. The van der Waals surface area contributed by atoms with E-state index in [2.05, 4.69) is 10.4 Å². The van der Waals surface area contributed by atoms with Crippen LogP contribution in [-0.4, -0.2) is 15.7 Å². The van der Waals surface area contributed by atoms with Gasteiger partial charge in [0, 0.05) is 11.9 Å². The number of hydrogen-bond donors (Lipinski definition) is 1. The monoisotopic (exact) mass is 345 g/mol. The van der Waals surface area contributed by atoms with E-state index in [1.807, 2.05) is 30.3 Å². The molecule has 1 aromatic heterocycles. The molecular formula is C18H14F3N3O. The molecule has 1 heterocycles. The van der Waals surface area contributed by atoms with Gasteiger partial charge in [0.1, 0.15) is 0 Å². The number of alkyl halides is 3. The fourth-order valence-electron chi connectivity index (χ4n) is 2.31. The Morgan fingerprint density at radius 3 is 2.36 bits per heavy atom. The van der Waals surface area contributed by atoms with Crippen molar-refractivity contribution in [1.29, 1.82) is 0 Å². The molecule has 25 heavy (non-hydrogen) atoms. The first-order chi connectivity index (χ1) is 11.9. The molecule has 0 saturated heterocycles. The van der Waals surface area contributed by atoms with Gasteiger partial charge in [-0.1, -0.05) is 18.2 Å². The van der Waals surface area contributed by atoms with Gasteiger partial charge in [0.15, 0.2) is 0 Å². The van der Waals surface area contributed by atoms with Crippen LogP contribution in [0, 0.1) is 0 Å². The first-order valence-electron chi connectivity index (χ1n) is 7.48. The standard InChI is InChI=1S/C18H14F3N3O/c19-18(20,21)14-6-8-15(9-7-14)23-17(25)10-13-11-22-24(12-13)16-4-2-1-3-5-16/h1-9,11-12H,10H2,(H,23,25). The Hall–Kier alpha value is -3.09. The number of anilines is 1. The number of halogens is 3. The topological polar surface area (TPSA) is 46.9 Å². The third kappa shape index (κ3) is 4.26. The molecular weight excluding hydrogens is 331 g/mol. The summed E-state index contributed by atoms with van der Waals surface area (Å²) >= 11 is 0. The number of rotatable bonds is 4. The average molecular weight is 345 g/mol. The second-order valence-corrected chi connectivity index (χ2v) is 5.43. The lowest BCUT2D eigenvalue weighted by Gasteiger charge is -2.08. The molecule has 1 amide bonds. The maximum absolute atomic E-state index is 12.5.